The van der Waals surface area contributed by atoms with Gasteiger partial charge in [0, 0.05) is 28.8 Å². The van der Waals surface area contributed by atoms with E-state index in [2.05, 4.69) is 15.8 Å². The second-order valence-corrected chi connectivity index (χ2v) is 7.76. The Morgan fingerprint density at radius 2 is 1.81 bits per heavy atom. The van der Waals surface area contributed by atoms with Crippen LogP contribution in [0.1, 0.15) is 56.2 Å². The standard InChI is InChI=1S/C25H25N3O4/c1-15-6-4-7-18(14-15)26-25(30)23-16(2)22-20(8-5-9-21(22)32-23)27-28-24(29)17-10-12-19(31-3)13-11-17/h4,6-7,10-14H,5,8-9H2,1-3H3,(H,26,30)(H,28,29)/b27-20+. The topological polar surface area (TPSA) is 92.9 Å². The second kappa shape index (κ2) is 9.09. The maximum atomic E-state index is 12.8. The molecule has 7 nitrogen and oxygen atoms in total. The smallest absolute Gasteiger partial charge is 0.291 e. The Balaban J connectivity index is 1.54. The minimum Gasteiger partial charge on any atom is -0.497 e. The number of ether oxygens (including phenoxy) is 1. The van der Waals surface area contributed by atoms with E-state index in [1.54, 1.807) is 31.4 Å². The number of fused-ring (bicyclic) bond motifs is 1. The Morgan fingerprint density at radius 1 is 1.03 bits per heavy atom. The van der Waals surface area contributed by atoms with Crippen molar-refractivity contribution < 1.29 is 18.7 Å². The lowest BCUT2D eigenvalue weighted by Gasteiger charge is -2.13. The first-order valence-corrected chi connectivity index (χ1v) is 10.5. The number of amides is 2. The summed E-state index contributed by atoms with van der Waals surface area (Å²) in [5.41, 5.74) is 7.12. The largest absolute Gasteiger partial charge is 0.497 e. The molecule has 0 atom stereocenters. The predicted octanol–water partition coefficient (Wildman–Crippen LogP) is 4.63. The van der Waals surface area contributed by atoms with Crippen LogP contribution in [0.4, 0.5) is 5.69 Å². The normalized spacial score (nSPS) is 14.0. The van der Waals surface area contributed by atoms with Crippen LogP contribution in [0.5, 0.6) is 5.75 Å². The van der Waals surface area contributed by atoms with Crippen LogP contribution < -0.4 is 15.5 Å². The summed E-state index contributed by atoms with van der Waals surface area (Å²) in [5.74, 6) is 1.05. The number of aryl methyl sites for hydroxylation is 2. The molecule has 0 bridgehead atoms. The average molecular weight is 431 g/mol. The maximum absolute atomic E-state index is 12.8. The highest BCUT2D eigenvalue weighted by molar-refractivity contribution is 6.09. The molecule has 2 N–H and O–H groups in total. The van der Waals surface area contributed by atoms with Gasteiger partial charge in [-0.05, 0) is 68.7 Å². The highest BCUT2D eigenvalue weighted by atomic mass is 16.5. The lowest BCUT2D eigenvalue weighted by atomic mass is 9.93. The molecule has 2 amide bonds. The van der Waals surface area contributed by atoms with E-state index >= 15 is 0 Å². The van der Waals surface area contributed by atoms with Crippen molar-refractivity contribution in [2.45, 2.75) is 33.1 Å². The molecule has 0 radical (unpaired) electrons. The van der Waals surface area contributed by atoms with Crippen molar-refractivity contribution in [2.75, 3.05) is 12.4 Å². The van der Waals surface area contributed by atoms with Crippen molar-refractivity contribution in [2.24, 2.45) is 5.10 Å². The number of nitrogens with zero attached hydrogens (tertiary/aromatic N) is 1. The van der Waals surface area contributed by atoms with Crippen LogP contribution in [0.25, 0.3) is 0 Å². The van der Waals surface area contributed by atoms with Crippen LogP contribution in [-0.4, -0.2) is 24.6 Å². The Morgan fingerprint density at radius 3 is 2.53 bits per heavy atom. The van der Waals surface area contributed by atoms with Gasteiger partial charge < -0.3 is 14.5 Å². The number of hydrogen-bond donors (Lipinski definition) is 2. The number of rotatable bonds is 5. The first-order valence-electron chi connectivity index (χ1n) is 10.5. The van der Waals surface area contributed by atoms with E-state index in [-0.39, 0.29) is 17.6 Å². The van der Waals surface area contributed by atoms with Crippen LogP contribution >= 0.6 is 0 Å². The van der Waals surface area contributed by atoms with Crippen molar-refractivity contribution >= 4 is 23.2 Å². The van der Waals surface area contributed by atoms with Crippen molar-refractivity contribution in [3.63, 3.8) is 0 Å². The van der Waals surface area contributed by atoms with Crippen molar-refractivity contribution in [3.05, 3.63) is 82.3 Å². The fraction of sp³-hybridized carbons (Fsp3) is 0.240. The van der Waals surface area contributed by atoms with Crippen molar-refractivity contribution in [1.82, 2.24) is 5.43 Å². The van der Waals surface area contributed by atoms with Gasteiger partial charge in [0.05, 0.1) is 12.8 Å². The SMILES string of the molecule is COc1ccc(C(=O)N/N=C2\CCCc3oc(C(=O)Nc4cccc(C)c4)c(C)c32)cc1. The molecule has 3 aromatic rings. The first-order chi connectivity index (χ1) is 15.5. The molecule has 1 aromatic heterocycles. The lowest BCUT2D eigenvalue weighted by molar-refractivity contribution is 0.0953. The zero-order valence-electron chi connectivity index (χ0n) is 18.3. The Labute approximate surface area is 186 Å². The fourth-order valence-corrected chi connectivity index (χ4v) is 3.83. The Kier molecular flexibility index (Phi) is 6.07. The van der Waals surface area contributed by atoms with Crippen LogP contribution in [0.3, 0.4) is 0 Å². The van der Waals surface area contributed by atoms with E-state index in [9.17, 15) is 9.59 Å². The van der Waals surface area contributed by atoms with Crippen LogP contribution in [0.15, 0.2) is 58.0 Å². The van der Waals surface area contributed by atoms with E-state index in [1.165, 1.54) is 0 Å². The molecule has 1 heterocycles. The number of anilines is 1. The molecule has 0 spiro atoms. The van der Waals surface area contributed by atoms with E-state index < -0.39 is 0 Å². The number of carbonyl (C=O) groups excluding carboxylic acids is 2. The molecule has 32 heavy (non-hydrogen) atoms. The molecule has 0 unspecified atom stereocenters. The maximum Gasteiger partial charge on any atom is 0.291 e. The minimum absolute atomic E-state index is 0.271. The molecule has 1 aliphatic carbocycles. The summed E-state index contributed by atoms with van der Waals surface area (Å²) in [5, 5.41) is 7.26. The summed E-state index contributed by atoms with van der Waals surface area (Å²) >= 11 is 0. The van der Waals surface area contributed by atoms with Crippen LogP contribution in [0, 0.1) is 13.8 Å². The third-order valence-corrected chi connectivity index (χ3v) is 5.45. The monoisotopic (exact) mass is 431 g/mol. The minimum atomic E-state index is -0.314. The van der Waals surface area contributed by atoms with Gasteiger partial charge in [-0.15, -0.1) is 0 Å². The Bertz CT molecular complexity index is 1190. The average Bonchev–Trinajstić information content (AvgIpc) is 3.15. The number of nitrogens with one attached hydrogen (secondary N) is 2. The van der Waals surface area contributed by atoms with Gasteiger partial charge in [-0.1, -0.05) is 12.1 Å². The predicted molar refractivity (Wildman–Crippen MR) is 123 cm³/mol. The molecule has 2 aromatic carbocycles. The molecule has 4 rings (SSSR count). The number of furan rings is 1. The van der Waals surface area contributed by atoms with Gasteiger partial charge in [-0.3, -0.25) is 9.59 Å². The quantitative estimate of drug-likeness (QED) is 0.576. The van der Waals surface area contributed by atoms with Gasteiger partial charge in [0.2, 0.25) is 0 Å². The van der Waals surface area contributed by atoms with E-state index in [4.69, 9.17) is 9.15 Å². The highest BCUT2D eigenvalue weighted by Crippen LogP contribution is 2.30. The fourth-order valence-electron chi connectivity index (χ4n) is 3.83. The molecule has 0 aliphatic heterocycles. The van der Waals surface area contributed by atoms with E-state index in [0.717, 1.165) is 35.3 Å². The van der Waals surface area contributed by atoms with Gasteiger partial charge in [-0.25, -0.2) is 5.43 Å². The Hall–Kier alpha value is -3.87. The van der Waals surface area contributed by atoms with Crippen LogP contribution in [-0.2, 0) is 6.42 Å². The van der Waals surface area contributed by atoms with Crippen molar-refractivity contribution in [1.29, 1.82) is 0 Å². The third-order valence-electron chi connectivity index (χ3n) is 5.45. The lowest BCUT2D eigenvalue weighted by Crippen LogP contribution is -2.22. The second-order valence-electron chi connectivity index (χ2n) is 7.76. The molecule has 7 heteroatoms. The van der Waals surface area contributed by atoms with Gasteiger partial charge in [-0.2, -0.15) is 5.10 Å². The number of benzene rings is 2. The molecule has 0 saturated carbocycles. The van der Waals surface area contributed by atoms with E-state index in [0.29, 0.717) is 29.1 Å². The summed E-state index contributed by atoms with van der Waals surface area (Å²) in [6.07, 6.45) is 2.24. The third kappa shape index (κ3) is 4.42. The van der Waals surface area contributed by atoms with Crippen LogP contribution in [0.2, 0.25) is 0 Å². The van der Waals surface area contributed by atoms with Gasteiger partial charge in [0.25, 0.3) is 11.8 Å². The molecular weight excluding hydrogens is 406 g/mol. The highest BCUT2D eigenvalue weighted by Gasteiger charge is 2.28. The number of methoxy groups -OCH3 is 1. The summed E-state index contributed by atoms with van der Waals surface area (Å²) in [4.78, 5) is 25.3. The molecular formula is C25H25N3O4. The molecule has 164 valence electrons. The van der Waals surface area contributed by atoms with Gasteiger partial charge in [0.15, 0.2) is 5.76 Å². The number of hydrazone groups is 1. The zero-order chi connectivity index (χ0) is 22.7. The summed E-state index contributed by atoms with van der Waals surface area (Å²) in [6.45, 7) is 3.81. The number of hydrogen-bond acceptors (Lipinski definition) is 5. The van der Waals surface area contributed by atoms with Crippen molar-refractivity contribution in [3.8, 4) is 5.75 Å². The summed E-state index contributed by atoms with van der Waals surface area (Å²) in [6, 6.07) is 14.4. The summed E-state index contributed by atoms with van der Waals surface area (Å²) < 4.78 is 11.0. The van der Waals surface area contributed by atoms with Gasteiger partial charge in [0.1, 0.15) is 11.5 Å². The molecule has 1 aliphatic rings. The molecule has 0 saturated heterocycles. The zero-order valence-corrected chi connectivity index (χ0v) is 18.3. The summed E-state index contributed by atoms with van der Waals surface area (Å²) in [7, 11) is 1.57. The first kappa shape index (κ1) is 21.4. The van der Waals surface area contributed by atoms with E-state index in [1.807, 2.05) is 38.1 Å². The van der Waals surface area contributed by atoms with Gasteiger partial charge >= 0.3 is 0 Å². The molecule has 0 fully saturated rings. The number of carbonyl (C=O) groups is 2.